The van der Waals surface area contributed by atoms with Crippen molar-refractivity contribution in [2.45, 2.75) is 26.2 Å². The quantitative estimate of drug-likeness (QED) is 0.370. The van der Waals surface area contributed by atoms with Gasteiger partial charge in [0.15, 0.2) is 11.8 Å². The molecule has 10 nitrogen and oxygen atoms in total. The molecule has 11 heteroatoms. The minimum absolute atomic E-state index is 0. The summed E-state index contributed by atoms with van der Waals surface area (Å²) >= 11 is 0. The summed E-state index contributed by atoms with van der Waals surface area (Å²) in [7, 11) is 3.55. The first kappa shape index (κ1) is 22.1. The Hall–Kier alpha value is -2.18. The third kappa shape index (κ3) is 5.20. The van der Waals surface area contributed by atoms with Gasteiger partial charge in [-0.15, -0.1) is 24.0 Å². The molecule has 0 radical (unpaired) electrons. The van der Waals surface area contributed by atoms with E-state index in [-0.39, 0.29) is 42.3 Å². The fraction of sp³-hybridized carbons (Fsp3) is 0.588. The lowest BCUT2D eigenvalue weighted by molar-refractivity contribution is -0.120. The smallest absolute Gasteiger partial charge is 0.246 e. The third-order valence-corrected chi connectivity index (χ3v) is 4.36. The van der Waals surface area contributed by atoms with Crippen LogP contribution in [0.15, 0.2) is 21.9 Å². The van der Waals surface area contributed by atoms with Crippen LogP contribution in [-0.4, -0.2) is 69.9 Å². The molecular weight excluding hydrogens is 475 g/mol. The van der Waals surface area contributed by atoms with E-state index in [1.807, 2.05) is 32.0 Å². The zero-order valence-electron chi connectivity index (χ0n) is 16.6. The molecule has 0 saturated carbocycles. The van der Waals surface area contributed by atoms with E-state index in [1.165, 1.54) is 0 Å². The molecule has 154 valence electrons. The first-order valence-electron chi connectivity index (χ1n) is 9.05. The number of amides is 1. The van der Waals surface area contributed by atoms with Gasteiger partial charge in [-0.3, -0.25) is 14.5 Å². The van der Waals surface area contributed by atoms with Gasteiger partial charge in [0.05, 0.1) is 11.9 Å². The van der Waals surface area contributed by atoms with E-state index in [1.54, 1.807) is 22.8 Å². The molecule has 2 aromatic rings. The van der Waals surface area contributed by atoms with Gasteiger partial charge in [-0.25, -0.2) is 0 Å². The Morgan fingerprint density at radius 3 is 2.75 bits per heavy atom. The molecule has 0 atom stereocenters. The zero-order valence-corrected chi connectivity index (χ0v) is 19.0. The van der Waals surface area contributed by atoms with Crippen LogP contribution >= 0.6 is 24.0 Å². The molecule has 2 aromatic heterocycles. The predicted octanol–water partition coefficient (Wildman–Crippen LogP) is 1.01. The van der Waals surface area contributed by atoms with Crippen molar-refractivity contribution in [1.29, 1.82) is 0 Å². The summed E-state index contributed by atoms with van der Waals surface area (Å²) in [6.07, 6.45) is 4.15. The highest BCUT2D eigenvalue weighted by Gasteiger charge is 2.27. The van der Waals surface area contributed by atoms with Crippen LogP contribution in [0.3, 0.4) is 0 Å². The number of guanidine groups is 1. The van der Waals surface area contributed by atoms with E-state index in [0.717, 1.165) is 5.69 Å². The normalized spacial score (nSPS) is 15.2. The van der Waals surface area contributed by atoms with Gasteiger partial charge in [0, 0.05) is 52.3 Å². The van der Waals surface area contributed by atoms with Crippen LogP contribution in [0.1, 0.15) is 31.5 Å². The lowest BCUT2D eigenvalue weighted by atomic mass is 10.2. The second kappa shape index (κ2) is 9.85. The Balaban J connectivity index is 0.00000280. The number of carbonyl (C=O) groups excluding carboxylic acids is 1. The molecule has 28 heavy (non-hydrogen) atoms. The summed E-state index contributed by atoms with van der Waals surface area (Å²) in [5, 5.41) is 11.4. The van der Waals surface area contributed by atoms with Crippen LogP contribution in [0.25, 0.3) is 0 Å². The molecule has 0 aliphatic carbocycles. The van der Waals surface area contributed by atoms with Gasteiger partial charge in [-0.1, -0.05) is 19.0 Å². The standard InChI is InChI=1S/C17H26N8O2.HI/c1-12(2)16-21-14(27-22-16)5-6-19-17(18-3)24-7-8-25(15(26)11-24)13-9-20-23(4)10-13;/h9-10,12H,5-8,11H2,1-4H3,(H,18,19);1H. The summed E-state index contributed by atoms with van der Waals surface area (Å²) in [6.45, 7) is 6.20. The number of rotatable bonds is 5. The lowest BCUT2D eigenvalue weighted by Crippen LogP contribution is -2.55. The largest absolute Gasteiger partial charge is 0.356 e. The second-order valence-corrected chi connectivity index (χ2v) is 6.76. The van der Waals surface area contributed by atoms with Crippen LogP contribution in [0.4, 0.5) is 5.69 Å². The first-order valence-corrected chi connectivity index (χ1v) is 9.05. The van der Waals surface area contributed by atoms with Crippen LogP contribution in [0, 0.1) is 0 Å². The van der Waals surface area contributed by atoms with Crippen molar-refractivity contribution in [3.05, 3.63) is 24.1 Å². The number of halogens is 1. The van der Waals surface area contributed by atoms with Crippen molar-refractivity contribution in [2.24, 2.45) is 12.0 Å². The zero-order chi connectivity index (χ0) is 19.4. The lowest BCUT2D eigenvalue weighted by Gasteiger charge is -2.35. The summed E-state index contributed by atoms with van der Waals surface area (Å²) < 4.78 is 6.94. The van der Waals surface area contributed by atoms with Gasteiger partial charge in [0.1, 0.15) is 6.54 Å². The van der Waals surface area contributed by atoms with E-state index in [2.05, 4.69) is 25.5 Å². The van der Waals surface area contributed by atoms with E-state index < -0.39 is 0 Å². The van der Waals surface area contributed by atoms with Gasteiger partial charge in [0.25, 0.3) is 0 Å². The van der Waals surface area contributed by atoms with Crippen LogP contribution < -0.4 is 10.2 Å². The number of nitrogens with one attached hydrogen (secondary N) is 1. The Bertz CT molecular complexity index is 816. The molecule has 1 N–H and O–H groups in total. The fourth-order valence-electron chi connectivity index (χ4n) is 2.89. The average Bonchev–Trinajstić information content (AvgIpc) is 3.28. The summed E-state index contributed by atoms with van der Waals surface area (Å²) in [6, 6.07) is 0. The molecule has 0 aromatic carbocycles. The Morgan fingerprint density at radius 2 is 2.18 bits per heavy atom. The number of aryl methyl sites for hydroxylation is 1. The minimum Gasteiger partial charge on any atom is -0.356 e. The number of nitrogens with zero attached hydrogens (tertiary/aromatic N) is 7. The summed E-state index contributed by atoms with van der Waals surface area (Å²) in [5.74, 6) is 2.27. The minimum atomic E-state index is 0. The molecular formula is C17H27IN8O2. The summed E-state index contributed by atoms with van der Waals surface area (Å²) in [5.41, 5.74) is 0.822. The van der Waals surface area contributed by atoms with Crippen molar-refractivity contribution in [1.82, 2.24) is 30.1 Å². The molecule has 3 heterocycles. The van der Waals surface area contributed by atoms with Gasteiger partial charge < -0.3 is 19.6 Å². The van der Waals surface area contributed by atoms with E-state index in [0.29, 0.717) is 43.7 Å². The SMILES string of the molecule is CN=C(NCCc1nc(C(C)C)no1)N1CCN(c2cnn(C)c2)C(=O)C1.I. The van der Waals surface area contributed by atoms with E-state index in [4.69, 9.17) is 4.52 Å². The molecule has 3 rings (SSSR count). The maximum absolute atomic E-state index is 12.5. The van der Waals surface area contributed by atoms with E-state index in [9.17, 15) is 4.79 Å². The van der Waals surface area contributed by atoms with Gasteiger partial charge in [-0.2, -0.15) is 10.1 Å². The topological polar surface area (TPSA) is 105 Å². The fourth-order valence-corrected chi connectivity index (χ4v) is 2.89. The average molecular weight is 502 g/mol. The maximum atomic E-state index is 12.5. The molecule has 1 saturated heterocycles. The van der Waals surface area contributed by atoms with Crippen molar-refractivity contribution >= 4 is 41.5 Å². The van der Waals surface area contributed by atoms with Gasteiger partial charge in [-0.05, 0) is 0 Å². The molecule has 1 amide bonds. The number of hydrogen-bond acceptors (Lipinski definition) is 6. The van der Waals surface area contributed by atoms with Gasteiger partial charge in [0.2, 0.25) is 11.8 Å². The van der Waals surface area contributed by atoms with Crippen molar-refractivity contribution in [2.75, 3.05) is 38.1 Å². The van der Waals surface area contributed by atoms with E-state index >= 15 is 0 Å². The second-order valence-electron chi connectivity index (χ2n) is 6.76. The molecule has 0 unspecified atom stereocenters. The Morgan fingerprint density at radius 1 is 1.39 bits per heavy atom. The molecule has 0 bridgehead atoms. The third-order valence-electron chi connectivity index (χ3n) is 4.36. The molecule has 1 aliphatic heterocycles. The number of piperazine rings is 1. The number of aliphatic imine (C=N–C) groups is 1. The summed E-state index contributed by atoms with van der Waals surface area (Å²) in [4.78, 5) is 24.9. The number of hydrogen-bond donors (Lipinski definition) is 1. The Labute approximate surface area is 181 Å². The van der Waals surface area contributed by atoms with Crippen LogP contribution in [0.5, 0.6) is 0 Å². The maximum Gasteiger partial charge on any atom is 0.246 e. The monoisotopic (exact) mass is 502 g/mol. The van der Waals surface area contributed by atoms with Crippen molar-refractivity contribution in [3.63, 3.8) is 0 Å². The van der Waals surface area contributed by atoms with Crippen molar-refractivity contribution < 1.29 is 9.32 Å². The predicted molar refractivity (Wildman–Crippen MR) is 116 cm³/mol. The highest BCUT2D eigenvalue weighted by Crippen LogP contribution is 2.16. The van der Waals surface area contributed by atoms with Crippen LogP contribution in [0.2, 0.25) is 0 Å². The first-order chi connectivity index (χ1) is 13.0. The molecule has 0 spiro atoms. The van der Waals surface area contributed by atoms with Crippen LogP contribution in [-0.2, 0) is 18.3 Å². The number of anilines is 1. The number of aromatic nitrogens is 4. The highest BCUT2D eigenvalue weighted by molar-refractivity contribution is 14.0. The van der Waals surface area contributed by atoms with Crippen molar-refractivity contribution in [3.8, 4) is 0 Å². The molecule has 1 aliphatic rings. The van der Waals surface area contributed by atoms with Gasteiger partial charge >= 0.3 is 0 Å². The number of carbonyl (C=O) groups is 1. The highest BCUT2D eigenvalue weighted by atomic mass is 127. The Kier molecular flexibility index (Phi) is 7.78. The molecule has 1 fully saturated rings.